The number of hydrogen-bond acceptors (Lipinski definition) is 3. The quantitative estimate of drug-likeness (QED) is 0.665. The summed E-state index contributed by atoms with van der Waals surface area (Å²) < 4.78 is 5.09. The predicted octanol–water partition coefficient (Wildman–Crippen LogP) is 1.32. The average molecular weight is 149 g/mol. The molecule has 0 aliphatic heterocycles. The van der Waals surface area contributed by atoms with Crippen LogP contribution in [0.15, 0.2) is 29.0 Å². The molecule has 56 valence electrons. The summed E-state index contributed by atoms with van der Waals surface area (Å²) in [5.74, 6) is 0. The van der Waals surface area contributed by atoms with Gasteiger partial charge in [-0.15, -0.1) is 0 Å². The van der Waals surface area contributed by atoms with Crippen LogP contribution in [-0.2, 0) is 6.61 Å². The molecule has 0 aliphatic rings. The molecule has 2 aromatic rings. The zero-order valence-corrected chi connectivity index (χ0v) is 5.82. The highest BCUT2D eigenvalue weighted by Crippen LogP contribution is 2.13. The van der Waals surface area contributed by atoms with E-state index in [2.05, 4.69) is 4.98 Å². The number of nitrogens with zero attached hydrogens (tertiary/aromatic N) is 1. The molecule has 0 aromatic carbocycles. The van der Waals surface area contributed by atoms with Crippen LogP contribution < -0.4 is 0 Å². The van der Waals surface area contributed by atoms with E-state index in [1.807, 2.05) is 0 Å². The first-order chi connectivity index (χ1) is 5.40. The van der Waals surface area contributed by atoms with Gasteiger partial charge in [-0.25, -0.2) is 0 Å². The summed E-state index contributed by atoms with van der Waals surface area (Å²) in [4.78, 5) is 4.06. The van der Waals surface area contributed by atoms with E-state index in [-0.39, 0.29) is 6.61 Å². The zero-order valence-electron chi connectivity index (χ0n) is 5.82. The SMILES string of the molecule is OCc1cnc2ccoc2c1. The molecule has 3 nitrogen and oxygen atoms in total. The first-order valence-corrected chi connectivity index (χ1v) is 3.33. The molecule has 0 unspecified atom stereocenters. The van der Waals surface area contributed by atoms with Crippen LogP contribution in [0, 0.1) is 0 Å². The molecule has 0 saturated heterocycles. The van der Waals surface area contributed by atoms with Crippen LogP contribution in [0.25, 0.3) is 11.1 Å². The van der Waals surface area contributed by atoms with Gasteiger partial charge in [-0.3, -0.25) is 4.98 Å². The van der Waals surface area contributed by atoms with Crippen molar-refractivity contribution < 1.29 is 9.52 Å². The van der Waals surface area contributed by atoms with Gasteiger partial charge in [0.2, 0.25) is 0 Å². The van der Waals surface area contributed by atoms with Crippen molar-refractivity contribution in [2.45, 2.75) is 6.61 Å². The number of aliphatic hydroxyl groups is 1. The average Bonchev–Trinajstić information content (AvgIpc) is 2.50. The van der Waals surface area contributed by atoms with Crippen LogP contribution in [0.4, 0.5) is 0 Å². The van der Waals surface area contributed by atoms with Crippen LogP contribution in [0.1, 0.15) is 5.56 Å². The Kier molecular flexibility index (Phi) is 1.36. The van der Waals surface area contributed by atoms with Gasteiger partial charge in [0.25, 0.3) is 0 Å². The van der Waals surface area contributed by atoms with E-state index >= 15 is 0 Å². The third-order valence-corrected chi connectivity index (χ3v) is 1.54. The van der Waals surface area contributed by atoms with Crippen molar-refractivity contribution in [1.82, 2.24) is 4.98 Å². The molecule has 1 N–H and O–H groups in total. The van der Waals surface area contributed by atoms with Crippen molar-refractivity contribution in [3.8, 4) is 0 Å². The number of pyridine rings is 1. The number of rotatable bonds is 1. The zero-order chi connectivity index (χ0) is 7.68. The lowest BCUT2D eigenvalue weighted by Gasteiger charge is -1.92. The van der Waals surface area contributed by atoms with Crippen LogP contribution in [-0.4, -0.2) is 10.1 Å². The van der Waals surface area contributed by atoms with Crippen molar-refractivity contribution in [3.63, 3.8) is 0 Å². The minimum atomic E-state index is 0.00361. The summed E-state index contributed by atoms with van der Waals surface area (Å²) in [7, 11) is 0. The van der Waals surface area contributed by atoms with E-state index in [1.54, 1.807) is 24.6 Å². The second-order valence-corrected chi connectivity index (χ2v) is 2.31. The molecule has 0 spiro atoms. The lowest BCUT2D eigenvalue weighted by molar-refractivity contribution is 0.281. The highest BCUT2D eigenvalue weighted by atomic mass is 16.3. The second-order valence-electron chi connectivity index (χ2n) is 2.31. The van der Waals surface area contributed by atoms with E-state index < -0.39 is 0 Å². The molecule has 0 bridgehead atoms. The van der Waals surface area contributed by atoms with Crippen LogP contribution >= 0.6 is 0 Å². The Bertz CT molecular complexity index is 367. The number of hydrogen-bond donors (Lipinski definition) is 1. The Hall–Kier alpha value is -1.35. The van der Waals surface area contributed by atoms with Gasteiger partial charge in [0.1, 0.15) is 5.52 Å². The molecular formula is C8H7NO2. The minimum Gasteiger partial charge on any atom is -0.463 e. The topological polar surface area (TPSA) is 46.3 Å². The first kappa shape index (κ1) is 6.37. The standard InChI is InChI=1S/C8H7NO2/c10-5-6-3-8-7(9-4-6)1-2-11-8/h1-4,10H,5H2. The summed E-state index contributed by atoms with van der Waals surface area (Å²) in [6, 6.07) is 3.57. The maximum absolute atomic E-state index is 8.75. The molecular weight excluding hydrogens is 142 g/mol. The smallest absolute Gasteiger partial charge is 0.152 e. The largest absolute Gasteiger partial charge is 0.463 e. The number of furan rings is 1. The monoisotopic (exact) mass is 149 g/mol. The van der Waals surface area contributed by atoms with Crippen molar-refractivity contribution in [3.05, 3.63) is 30.2 Å². The summed E-state index contributed by atoms with van der Waals surface area (Å²) >= 11 is 0. The fourth-order valence-corrected chi connectivity index (χ4v) is 0.973. The maximum Gasteiger partial charge on any atom is 0.152 e. The Morgan fingerprint density at radius 3 is 3.27 bits per heavy atom. The van der Waals surface area contributed by atoms with E-state index in [4.69, 9.17) is 9.52 Å². The van der Waals surface area contributed by atoms with E-state index in [0.717, 1.165) is 16.7 Å². The van der Waals surface area contributed by atoms with Gasteiger partial charge in [-0.1, -0.05) is 0 Å². The Labute approximate surface area is 63.3 Å². The molecule has 3 heteroatoms. The number of fused-ring (bicyclic) bond motifs is 1. The van der Waals surface area contributed by atoms with Crippen LogP contribution in [0.3, 0.4) is 0 Å². The summed E-state index contributed by atoms with van der Waals surface area (Å²) in [6.07, 6.45) is 3.22. The first-order valence-electron chi connectivity index (χ1n) is 3.33. The summed E-state index contributed by atoms with van der Waals surface area (Å²) in [5, 5.41) is 8.75. The third kappa shape index (κ3) is 0.991. The lowest BCUT2D eigenvalue weighted by atomic mass is 10.3. The van der Waals surface area contributed by atoms with Crippen LogP contribution in [0.2, 0.25) is 0 Å². The van der Waals surface area contributed by atoms with Crippen molar-refractivity contribution >= 4 is 11.1 Å². The number of aliphatic hydroxyl groups excluding tert-OH is 1. The second kappa shape index (κ2) is 2.36. The molecule has 0 saturated carbocycles. The maximum atomic E-state index is 8.75. The van der Waals surface area contributed by atoms with Gasteiger partial charge in [0.15, 0.2) is 5.58 Å². The fourth-order valence-electron chi connectivity index (χ4n) is 0.973. The molecule has 11 heavy (non-hydrogen) atoms. The fraction of sp³-hybridized carbons (Fsp3) is 0.125. The van der Waals surface area contributed by atoms with Gasteiger partial charge in [0, 0.05) is 12.3 Å². The highest BCUT2D eigenvalue weighted by Gasteiger charge is 1.97. The number of aromatic nitrogens is 1. The molecule has 2 aromatic heterocycles. The normalized spacial score (nSPS) is 10.6. The molecule has 2 rings (SSSR count). The van der Waals surface area contributed by atoms with Crippen molar-refractivity contribution in [2.24, 2.45) is 0 Å². The van der Waals surface area contributed by atoms with Gasteiger partial charge in [-0.2, -0.15) is 0 Å². The molecule has 2 heterocycles. The Morgan fingerprint density at radius 1 is 1.55 bits per heavy atom. The van der Waals surface area contributed by atoms with Crippen molar-refractivity contribution in [1.29, 1.82) is 0 Å². The molecule has 0 aliphatic carbocycles. The molecule has 0 atom stereocenters. The lowest BCUT2D eigenvalue weighted by Crippen LogP contribution is -1.83. The third-order valence-electron chi connectivity index (χ3n) is 1.54. The van der Waals surface area contributed by atoms with E-state index in [1.165, 1.54) is 0 Å². The predicted molar refractivity (Wildman–Crippen MR) is 39.9 cm³/mol. The molecule has 0 amide bonds. The summed E-state index contributed by atoms with van der Waals surface area (Å²) in [5.41, 5.74) is 2.31. The van der Waals surface area contributed by atoms with Crippen LogP contribution in [0.5, 0.6) is 0 Å². The van der Waals surface area contributed by atoms with Gasteiger partial charge in [-0.05, 0) is 11.6 Å². The minimum absolute atomic E-state index is 0.00361. The Balaban J connectivity index is 2.67. The van der Waals surface area contributed by atoms with Gasteiger partial charge >= 0.3 is 0 Å². The summed E-state index contributed by atoms with van der Waals surface area (Å²) in [6.45, 7) is 0.00361. The molecule has 0 radical (unpaired) electrons. The van der Waals surface area contributed by atoms with E-state index in [0.29, 0.717) is 0 Å². The van der Waals surface area contributed by atoms with E-state index in [9.17, 15) is 0 Å². The van der Waals surface area contributed by atoms with Crippen molar-refractivity contribution in [2.75, 3.05) is 0 Å². The highest BCUT2D eigenvalue weighted by molar-refractivity contribution is 5.72. The van der Waals surface area contributed by atoms with Gasteiger partial charge < -0.3 is 9.52 Å². The van der Waals surface area contributed by atoms with Gasteiger partial charge in [0.05, 0.1) is 12.9 Å². The molecule has 0 fully saturated rings. The Morgan fingerprint density at radius 2 is 2.45 bits per heavy atom.